The average molecular weight is 250 g/mol. The van der Waals surface area contributed by atoms with Crippen LogP contribution < -0.4 is 10.2 Å². The predicted molar refractivity (Wildman–Crippen MR) is 69.9 cm³/mol. The van der Waals surface area contributed by atoms with Gasteiger partial charge in [0.2, 0.25) is 5.82 Å². The maximum Gasteiger partial charge on any atom is 0.311 e. The number of pyridine rings is 1. The zero-order chi connectivity index (χ0) is 13.1. The minimum atomic E-state index is -0.349. The third-order valence-corrected chi connectivity index (χ3v) is 3.31. The van der Waals surface area contributed by atoms with Gasteiger partial charge in [0.25, 0.3) is 0 Å². The van der Waals surface area contributed by atoms with Crippen LogP contribution in [0, 0.1) is 17.0 Å². The summed E-state index contributed by atoms with van der Waals surface area (Å²) in [6, 6.07) is 1.96. The van der Waals surface area contributed by atoms with Crippen LogP contribution in [0.4, 0.5) is 11.5 Å². The predicted octanol–water partition coefficient (Wildman–Crippen LogP) is 1.49. The lowest BCUT2D eigenvalue weighted by atomic mass is 10.1. The molecule has 1 aromatic rings. The van der Waals surface area contributed by atoms with E-state index in [4.69, 9.17) is 0 Å². The number of aromatic nitrogens is 1. The average Bonchev–Trinajstić information content (AvgIpc) is 2.38. The molecule has 6 heteroatoms. The molecule has 0 radical (unpaired) electrons. The van der Waals surface area contributed by atoms with E-state index in [1.807, 2.05) is 18.9 Å². The van der Waals surface area contributed by atoms with Crippen LogP contribution in [0.1, 0.15) is 18.4 Å². The lowest BCUT2D eigenvalue weighted by Crippen LogP contribution is -2.44. The molecule has 0 aromatic carbocycles. The molecule has 1 unspecified atom stereocenters. The van der Waals surface area contributed by atoms with Gasteiger partial charge in [0.05, 0.1) is 4.92 Å². The molecule has 1 saturated heterocycles. The number of anilines is 1. The summed E-state index contributed by atoms with van der Waals surface area (Å²) in [6.45, 7) is 3.42. The van der Waals surface area contributed by atoms with E-state index < -0.39 is 0 Å². The molecule has 2 heterocycles. The minimum Gasteiger partial charge on any atom is -0.349 e. The molecule has 1 N–H and O–H groups in total. The van der Waals surface area contributed by atoms with E-state index in [2.05, 4.69) is 10.3 Å². The standard InChI is InChI=1S/C12H18N4O2/c1-9-6-11(16(17)18)12(14-7-9)15-5-3-4-10(8-15)13-2/h6-7,10,13H,3-5,8H2,1-2H3. The molecule has 18 heavy (non-hydrogen) atoms. The van der Waals surface area contributed by atoms with Crippen molar-refractivity contribution >= 4 is 11.5 Å². The van der Waals surface area contributed by atoms with Gasteiger partial charge in [0.1, 0.15) is 0 Å². The summed E-state index contributed by atoms with van der Waals surface area (Å²) in [6.07, 6.45) is 3.82. The van der Waals surface area contributed by atoms with Crippen molar-refractivity contribution in [2.75, 3.05) is 25.0 Å². The summed E-state index contributed by atoms with van der Waals surface area (Å²) in [5.41, 5.74) is 0.916. The van der Waals surface area contributed by atoms with Crippen LogP contribution in [0.2, 0.25) is 0 Å². The largest absolute Gasteiger partial charge is 0.349 e. The van der Waals surface area contributed by atoms with E-state index in [1.54, 1.807) is 12.3 Å². The van der Waals surface area contributed by atoms with E-state index >= 15 is 0 Å². The summed E-state index contributed by atoms with van der Waals surface area (Å²) >= 11 is 0. The maximum absolute atomic E-state index is 11.1. The first kappa shape index (κ1) is 12.8. The van der Waals surface area contributed by atoms with Gasteiger partial charge in [-0.3, -0.25) is 10.1 Å². The summed E-state index contributed by atoms with van der Waals surface area (Å²) in [7, 11) is 1.92. The van der Waals surface area contributed by atoms with E-state index in [1.165, 1.54) is 0 Å². The van der Waals surface area contributed by atoms with Crippen molar-refractivity contribution in [2.45, 2.75) is 25.8 Å². The number of rotatable bonds is 3. The summed E-state index contributed by atoms with van der Waals surface area (Å²) < 4.78 is 0. The van der Waals surface area contributed by atoms with Crippen molar-refractivity contribution in [3.63, 3.8) is 0 Å². The van der Waals surface area contributed by atoms with Crippen LogP contribution in [-0.2, 0) is 0 Å². The Morgan fingerprint density at radius 3 is 3.06 bits per heavy atom. The zero-order valence-corrected chi connectivity index (χ0v) is 10.7. The zero-order valence-electron chi connectivity index (χ0n) is 10.7. The Morgan fingerprint density at radius 2 is 2.39 bits per heavy atom. The molecule has 1 fully saturated rings. The molecule has 1 aromatic heterocycles. The Labute approximate surface area is 106 Å². The van der Waals surface area contributed by atoms with Gasteiger partial charge in [-0.2, -0.15) is 0 Å². The van der Waals surface area contributed by atoms with Crippen molar-refractivity contribution in [1.29, 1.82) is 0 Å². The van der Waals surface area contributed by atoms with Gasteiger partial charge < -0.3 is 10.2 Å². The monoisotopic (exact) mass is 250 g/mol. The molecule has 98 valence electrons. The van der Waals surface area contributed by atoms with Crippen LogP contribution in [0.25, 0.3) is 0 Å². The summed E-state index contributed by atoms with van der Waals surface area (Å²) in [4.78, 5) is 17.0. The van der Waals surface area contributed by atoms with E-state index in [0.29, 0.717) is 11.9 Å². The minimum absolute atomic E-state index is 0.103. The number of hydrogen-bond donors (Lipinski definition) is 1. The lowest BCUT2D eigenvalue weighted by Gasteiger charge is -2.33. The Bertz CT molecular complexity index is 450. The van der Waals surface area contributed by atoms with Gasteiger partial charge in [-0.1, -0.05) is 0 Å². The van der Waals surface area contributed by atoms with Gasteiger partial charge in [-0.05, 0) is 32.4 Å². The Kier molecular flexibility index (Phi) is 3.76. The number of aryl methyl sites for hydroxylation is 1. The summed E-state index contributed by atoms with van der Waals surface area (Å²) in [5.74, 6) is 0.491. The highest BCUT2D eigenvalue weighted by atomic mass is 16.6. The molecule has 1 atom stereocenters. The van der Waals surface area contributed by atoms with Crippen LogP contribution in [0.3, 0.4) is 0 Å². The Morgan fingerprint density at radius 1 is 1.61 bits per heavy atom. The second-order valence-electron chi connectivity index (χ2n) is 4.69. The van der Waals surface area contributed by atoms with E-state index in [0.717, 1.165) is 31.5 Å². The fourth-order valence-electron chi connectivity index (χ4n) is 2.33. The highest BCUT2D eigenvalue weighted by molar-refractivity contribution is 5.58. The van der Waals surface area contributed by atoms with E-state index in [9.17, 15) is 10.1 Å². The van der Waals surface area contributed by atoms with Gasteiger partial charge in [-0.25, -0.2) is 4.98 Å². The van der Waals surface area contributed by atoms with Crippen molar-refractivity contribution < 1.29 is 4.92 Å². The SMILES string of the molecule is CNC1CCCN(c2ncc(C)cc2[N+](=O)[O-])C1. The lowest BCUT2D eigenvalue weighted by molar-refractivity contribution is -0.384. The fourth-order valence-corrected chi connectivity index (χ4v) is 2.33. The number of nitro groups is 1. The van der Waals surface area contributed by atoms with Crippen molar-refractivity contribution in [2.24, 2.45) is 0 Å². The smallest absolute Gasteiger partial charge is 0.311 e. The molecule has 2 rings (SSSR count). The Balaban J connectivity index is 2.29. The van der Waals surface area contributed by atoms with Gasteiger partial charge in [0.15, 0.2) is 0 Å². The second-order valence-corrected chi connectivity index (χ2v) is 4.69. The number of piperidine rings is 1. The number of nitrogens with one attached hydrogen (secondary N) is 1. The number of hydrogen-bond acceptors (Lipinski definition) is 5. The first-order valence-corrected chi connectivity index (χ1v) is 6.15. The highest BCUT2D eigenvalue weighted by Crippen LogP contribution is 2.28. The molecule has 0 amide bonds. The van der Waals surface area contributed by atoms with Crippen LogP contribution in [0.15, 0.2) is 12.3 Å². The summed E-state index contributed by atoms with van der Waals surface area (Å²) in [5, 5.41) is 14.3. The third kappa shape index (κ3) is 2.59. The van der Waals surface area contributed by atoms with Gasteiger partial charge >= 0.3 is 5.69 Å². The van der Waals surface area contributed by atoms with Crippen LogP contribution in [-0.4, -0.2) is 36.1 Å². The molecule has 0 spiro atoms. The fraction of sp³-hybridized carbons (Fsp3) is 0.583. The van der Waals surface area contributed by atoms with Crippen molar-refractivity contribution in [3.05, 3.63) is 27.9 Å². The highest BCUT2D eigenvalue weighted by Gasteiger charge is 2.26. The quantitative estimate of drug-likeness (QED) is 0.650. The number of likely N-dealkylation sites (N-methyl/N-ethyl adjacent to an activating group) is 1. The molecule has 0 bridgehead atoms. The van der Waals surface area contributed by atoms with Crippen molar-refractivity contribution in [1.82, 2.24) is 10.3 Å². The topological polar surface area (TPSA) is 71.3 Å². The molecule has 6 nitrogen and oxygen atoms in total. The second kappa shape index (κ2) is 5.30. The normalized spacial score (nSPS) is 19.9. The maximum atomic E-state index is 11.1. The van der Waals surface area contributed by atoms with E-state index in [-0.39, 0.29) is 10.6 Å². The number of nitrogens with zero attached hydrogens (tertiary/aromatic N) is 3. The Hall–Kier alpha value is -1.69. The molecule has 0 saturated carbocycles. The van der Waals surface area contributed by atoms with Gasteiger partial charge in [0, 0.05) is 31.4 Å². The molecular weight excluding hydrogens is 232 g/mol. The molecule has 1 aliphatic heterocycles. The first-order chi connectivity index (χ1) is 8.61. The van der Waals surface area contributed by atoms with Gasteiger partial charge in [-0.15, -0.1) is 0 Å². The molecule has 0 aliphatic carbocycles. The van der Waals surface area contributed by atoms with Crippen LogP contribution >= 0.6 is 0 Å². The van der Waals surface area contributed by atoms with Crippen LogP contribution in [0.5, 0.6) is 0 Å². The molecular formula is C12H18N4O2. The third-order valence-electron chi connectivity index (χ3n) is 3.31. The molecule has 1 aliphatic rings. The first-order valence-electron chi connectivity index (χ1n) is 6.15. The van der Waals surface area contributed by atoms with Crippen molar-refractivity contribution in [3.8, 4) is 0 Å².